The van der Waals surface area contributed by atoms with E-state index in [2.05, 4.69) is 11.3 Å². The van der Waals surface area contributed by atoms with Crippen LogP contribution in [0, 0.1) is 6.92 Å². The van der Waals surface area contributed by atoms with Crippen molar-refractivity contribution in [3.8, 4) is 0 Å². The van der Waals surface area contributed by atoms with Crippen molar-refractivity contribution in [2.24, 2.45) is 4.40 Å². The molecule has 0 aliphatic carbocycles. The highest BCUT2D eigenvalue weighted by Crippen LogP contribution is 2.36. The van der Waals surface area contributed by atoms with E-state index in [1.54, 1.807) is 24.3 Å². The van der Waals surface area contributed by atoms with Gasteiger partial charge in [-0.1, -0.05) is 55.7 Å². The summed E-state index contributed by atoms with van der Waals surface area (Å²) in [5, 5.41) is 0. The number of aryl methyl sites for hydroxylation is 1. The summed E-state index contributed by atoms with van der Waals surface area (Å²) in [4.78, 5) is 11.8. The van der Waals surface area contributed by atoms with Crippen molar-refractivity contribution >= 4 is 21.9 Å². The van der Waals surface area contributed by atoms with Crippen LogP contribution >= 0.6 is 0 Å². The smallest absolute Gasteiger partial charge is 0.303 e. The minimum atomic E-state index is -3.95. The molecular formula is C23H27NO5S. The lowest BCUT2D eigenvalue weighted by molar-refractivity contribution is -0.153. The molecule has 0 unspecified atom stereocenters. The normalized spacial score (nSPS) is 19.8. The molecule has 0 amide bonds. The molecule has 0 N–H and O–H groups in total. The van der Waals surface area contributed by atoms with Gasteiger partial charge in [0.1, 0.15) is 6.10 Å². The van der Waals surface area contributed by atoms with Crippen LogP contribution in [0.15, 0.2) is 57.8 Å². The summed E-state index contributed by atoms with van der Waals surface area (Å²) in [6.07, 6.45) is 2.44. The first-order valence-electron chi connectivity index (χ1n) is 10.2. The second kappa shape index (κ2) is 9.43. The van der Waals surface area contributed by atoms with Gasteiger partial charge in [0.15, 0.2) is 6.10 Å². The van der Waals surface area contributed by atoms with Crippen LogP contribution in [0.5, 0.6) is 0 Å². The van der Waals surface area contributed by atoms with Crippen molar-refractivity contribution in [3.63, 3.8) is 0 Å². The molecule has 0 aromatic heterocycles. The summed E-state index contributed by atoms with van der Waals surface area (Å²) in [5.41, 5.74) is 2.19. The van der Waals surface area contributed by atoms with Crippen LogP contribution in [0.1, 0.15) is 62.3 Å². The summed E-state index contributed by atoms with van der Waals surface area (Å²) in [5.74, 6) is -0.373. The Morgan fingerprint density at radius 1 is 1.10 bits per heavy atom. The van der Waals surface area contributed by atoms with E-state index in [-0.39, 0.29) is 10.8 Å². The van der Waals surface area contributed by atoms with Gasteiger partial charge in [-0.3, -0.25) is 4.79 Å². The van der Waals surface area contributed by atoms with Gasteiger partial charge in [0.2, 0.25) is 5.90 Å². The molecule has 0 fully saturated rings. The number of nitrogens with zero attached hydrogens (tertiary/aromatic N) is 1. The van der Waals surface area contributed by atoms with Gasteiger partial charge >= 0.3 is 5.97 Å². The van der Waals surface area contributed by atoms with Crippen LogP contribution in [-0.4, -0.2) is 26.4 Å². The summed E-state index contributed by atoms with van der Waals surface area (Å²) in [6, 6.07) is 13.7. The molecule has 1 heterocycles. The van der Waals surface area contributed by atoms with Gasteiger partial charge in [0.05, 0.1) is 4.90 Å². The van der Waals surface area contributed by atoms with Crippen LogP contribution in [0.4, 0.5) is 0 Å². The molecule has 2 atom stereocenters. The predicted octanol–water partition coefficient (Wildman–Crippen LogP) is 4.71. The third-order valence-corrected chi connectivity index (χ3v) is 6.28. The fourth-order valence-corrected chi connectivity index (χ4v) is 4.42. The monoisotopic (exact) mass is 429 g/mol. The van der Waals surface area contributed by atoms with Crippen LogP contribution in [0.3, 0.4) is 0 Å². The van der Waals surface area contributed by atoms with Crippen LogP contribution in [0.2, 0.25) is 0 Å². The summed E-state index contributed by atoms with van der Waals surface area (Å²) in [6.45, 7) is 5.34. The van der Waals surface area contributed by atoms with Crippen LogP contribution < -0.4 is 0 Å². The number of carbonyl (C=O) groups is 1. The molecule has 160 valence electrons. The Bertz CT molecular complexity index is 1030. The number of benzene rings is 2. The van der Waals surface area contributed by atoms with Gasteiger partial charge in [0, 0.05) is 18.1 Å². The molecule has 3 rings (SSSR count). The van der Waals surface area contributed by atoms with E-state index in [0.29, 0.717) is 17.5 Å². The van der Waals surface area contributed by atoms with E-state index in [4.69, 9.17) is 9.47 Å². The number of hydrogen-bond donors (Lipinski definition) is 0. The Kier molecular flexibility index (Phi) is 6.92. The topological polar surface area (TPSA) is 82.0 Å². The Balaban J connectivity index is 2.04. The van der Waals surface area contributed by atoms with E-state index in [0.717, 1.165) is 24.8 Å². The molecule has 0 radical (unpaired) electrons. The van der Waals surface area contributed by atoms with E-state index < -0.39 is 28.2 Å². The second-order valence-electron chi connectivity index (χ2n) is 7.45. The average Bonchev–Trinajstić information content (AvgIpc) is 2.70. The van der Waals surface area contributed by atoms with Crippen LogP contribution in [0.25, 0.3) is 0 Å². The van der Waals surface area contributed by atoms with Gasteiger partial charge in [0.25, 0.3) is 10.0 Å². The zero-order valence-corrected chi connectivity index (χ0v) is 18.3. The quantitative estimate of drug-likeness (QED) is 0.470. The molecule has 0 saturated heterocycles. The van der Waals surface area contributed by atoms with Crippen LogP contribution in [-0.2, 0) is 24.3 Å². The summed E-state index contributed by atoms with van der Waals surface area (Å²) < 4.78 is 41.4. The SMILES string of the molecule is CCCCC[C@@H]1O/C(=N\S(=O)(=O)c2ccc(C)cc2)c2ccccc2[C@@H]1OC(C)=O. The molecule has 0 saturated carbocycles. The zero-order chi connectivity index (χ0) is 21.7. The first-order valence-corrected chi connectivity index (χ1v) is 11.6. The van der Waals surface area contributed by atoms with Crippen molar-refractivity contribution in [2.75, 3.05) is 0 Å². The minimum Gasteiger partial charge on any atom is -0.469 e. The first kappa shape index (κ1) is 22.0. The fourth-order valence-electron chi connectivity index (χ4n) is 3.48. The first-order chi connectivity index (χ1) is 14.3. The number of sulfonamides is 1. The van der Waals surface area contributed by atoms with E-state index in [1.165, 1.54) is 19.1 Å². The largest absolute Gasteiger partial charge is 0.469 e. The number of esters is 1. The minimum absolute atomic E-state index is 0.0380. The average molecular weight is 430 g/mol. The zero-order valence-electron chi connectivity index (χ0n) is 17.5. The molecular weight excluding hydrogens is 402 g/mol. The summed E-state index contributed by atoms with van der Waals surface area (Å²) >= 11 is 0. The van der Waals surface area contributed by atoms with E-state index >= 15 is 0 Å². The maximum absolute atomic E-state index is 12.9. The Morgan fingerprint density at radius 2 is 1.80 bits per heavy atom. The number of hydrogen-bond acceptors (Lipinski definition) is 5. The van der Waals surface area contributed by atoms with E-state index in [1.807, 2.05) is 19.1 Å². The van der Waals surface area contributed by atoms with Gasteiger partial charge in [-0.15, -0.1) is 4.40 Å². The lowest BCUT2D eigenvalue weighted by Crippen LogP contribution is -2.35. The lowest BCUT2D eigenvalue weighted by Gasteiger charge is -2.34. The Labute approximate surface area is 178 Å². The molecule has 1 aliphatic rings. The van der Waals surface area contributed by atoms with E-state index in [9.17, 15) is 13.2 Å². The number of fused-ring (bicyclic) bond motifs is 1. The maximum atomic E-state index is 12.9. The van der Waals surface area contributed by atoms with Crippen molar-refractivity contribution in [3.05, 3.63) is 65.2 Å². The highest BCUT2D eigenvalue weighted by molar-refractivity contribution is 7.90. The fraction of sp³-hybridized carbons (Fsp3) is 0.391. The molecule has 1 aliphatic heterocycles. The van der Waals surface area contributed by atoms with Gasteiger partial charge in [-0.05, 0) is 38.0 Å². The predicted molar refractivity (Wildman–Crippen MR) is 115 cm³/mol. The Hall–Kier alpha value is -2.67. The molecule has 0 spiro atoms. The van der Waals surface area contributed by atoms with Crippen molar-refractivity contribution in [1.29, 1.82) is 0 Å². The summed E-state index contributed by atoms with van der Waals surface area (Å²) in [7, 11) is -3.95. The lowest BCUT2D eigenvalue weighted by atomic mass is 9.92. The Morgan fingerprint density at radius 3 is 2.47 bits per heavy atom. The number of unbranched alkanes of at least 4 members (excludes halogenated alkanes) is 2. The number of ether oxygens (including phenoxy) is 2. The molecule has 0 bridgehead atoms. The highest BCUT2D eigenvalue weighted by Gasteiger charge is 2.37. The number of carbonyl (C=O) groups excluding carboxylic acids is 1. The molecule has 2 aromatic rings. The molecule has 6 nitrogen and oxygen atoms in total. The third-order valence-electron chi connectivity index (χ3n) is 5.01. The van der Waals surface area contributed by atoms with Crippen molar-refractivity contribution in [1.82, 2.24) is 0 Å². The molecule has 30 heavy (non-hydrogen) atoms. The maximum Gasteiger partial charge on any atom is 0.303 e. The number of rotatable bonds is 7. The molecule has 7 heteroatoms. The second-order valence-corrected chi connectivity index (χ2v) is 9.06. The third kappa shape index (κ3) is 5.08. The standard InChI is InChI=1S/C23H27NO5S/c1-4-5-6-11-21-22(28-17(3)25)19-9-7-8-10-20(19)23(29-21)24-30(26,27)18-14-12-16(2)13-15-18/h7-10,12-15,21-22H,4-6,11H2,1-3H3/b24-23-/t21-,22-/m0/s1. The van der Waals surface area contributed by atoms with Gasteiger partial charge < -0.3 is 9.47 Å². The molecule has 2 aromatic carbocycles. The van der Waals surface area contributed by atoms with Gasteiger partial charge in [-0.2, -0.15) is 8.42 Å². The van der Waals surface area contributed by atoms with Crippen molar-refractivity contribution in [2.45, 2.75) is 63.6 Å². The van der Waals surface area contributed by atoms with Crippen molar-refractivity contribution < 1.29 is 22.7 Å². The van der Waals surface area contributed by atoms with Gasteiger partial charge in [-0.25, -0.2) is 0 Å². The highest BCUT2D eigenvalue weighted by atomic mass is 32.2.